The van der Waals surface area contributed by atoms with Crippen LogP contribution < -0.4 is 20.1 Å². The second-order valence-electron chi connectivity index (χ2n) is 10.1. The summed E-state index contributed by atoms with van der Waals surface area (Å²) < 4.78 is 11.6. The van der Waals surface area contributed by atoms with E-state index >= 15 is 0 Å². The number of methoxy groups -OCH3 is 1. The number of hydrogen-bond acceptors (Lipinski definition) is 5. The van der Waals surface area contributed by atoms with Gasteiger partial charge in [0.05, 0.1) is 31.1 Å². The van der Waals surface area contributed by atoms with Gasteiger partial charge < -0.3 is 20.1 Å². The second-order valence-corrected chi connectivity index (χ2v) is 10.1. The molecular formula is C28H36N2O3. The summed E-state index contributed by atoms with van der Waals surface area (Å²) in [7, 11) is 1.66. The van der Waals surface area contributed by atoms with Crippen LogP contribution in [0.5, 0.6) is 11.5 Å². The lowest BCUT2D eigenvalue weighted by atomic mass is 9.73. The molecule has 1 atom stereocenters. The Hall–Kier alpha value is -2.95. The van der Waals surface area contributed by atoms with Crippen molar-refractivity contribution in [2.45, 2.75) is 66.3 Å². The molecule has 4 rings (SSSR count). The molecule has 176 valence electrons. The minimum atomic E-state index is -0.266. The van der Waals surface area contributed by atoms with Crippen LogP contribution in [0.3, 0.4) is 0 Å². The molecule has 0 fully saturated rings. The highest BCUT2D eigenvalue weighted by Crippen LogP contribution is 2.46. The summed E-state index contributed by atoms with van der Waals surface area (Å²) in [5.41, 5.74) is 7.21. The molecule has 2 aromatic rings. The zero-order valence-electron chi connectivity index (χ0n) is 20.7. The molecular weight excluding hydrogens is 412 g/mol. The van der Waals surface area contributed by atoms with E-state index in [9.17, 15) is 4.79 Å². The van der Waals surface area contributed by atoms with Crippen molar-refractivity contribution in [2.24, 2.45) is 5.41 Å². The van der Waals surface area contributed by atoms with Gasteiger partial charge in [0.15, 0.2) is 17.3 Å². The fourth-order valence-electron chi connectivity index (χ4n) is 4.77. The van der Waals surface area contributed by atoms with Crippen LogP contribution in [-0.2, 0) is 4.79 Å². The van der Waals surface area contributed by atoms with Crippen LogP contribution in [0.4, 0.5) is 11.4 Å². The monoisotopic (exact) mass is 448 g/mol. The Balaban J connectivity index is 1.81. The van der Waals surface area contributed by atoms with Crippen LogP contribution in [0, 0.1) is 19.3 Å². The maximum Gasteiger partial charge on any atom is 0.163 e. The van der Waals surface area contributed by atoms with Gasteiger partial charge in [0, 0.05) is 17.7 Å². The van der Waals surface area contributed by atoms with E-state index in [0.717, 1.165) is 53.2 Å². The number of rotatable bonds is 6. The SMILES string of the molecule is CCCCOc1ccc(C2Nc3cc(C)c(C)cc3NC3=C2C(=O)CC(C)(C)C3)cc1OC. The van der Waals surface area contributed by atoms with Crippen LogP contribution in [0.2, 0.25) is 0 Å². The number of unbranched alkanes of at least 4 members (excludes halogenated alkanes) is 1. The standard InChI is InChI=1S/C28H36N2O3/c1-7-8-11-33-24-10-9-19(14-25(24)32-6)27-26-22(15-28(4,5)16-23(26)31)29-20-12-17(2)18(3)13-21(20)30-27/h9-10,12-14,27,29-30H,7-8,11,15-16H2,1-6H3. The lowest BCUT2D eigenvalue weighted by molar-refractivity contribution is -0.118. The van der Waals surface area contributed by atoms with Crippen molar-refractivity contribution in [2.75, 3.05) is 24.4 Å². The van der Waals surface area contributed by atoms with Crippen molar-refractivity contribution >= 4 is 17.2 Å². The Morgan fingerprint density at radius 2 is 1.76 bits per heavy atom. The van der Waals surface area contributed by atoms with Gasteiger partial charge in [-0.1, -0.05) is 33.3 Å². The van der Waals surface area contributed by atoms with Gasteiger partial charge in [0.1, 0.15) is 0 Å². The molecule has 0 aromatic heterocycles. The van der Waals surface area contributed by atoms with E-state index in [2.05, 4.69) is 57.4 Å². The second kappa shape index (κ2) is 9.12. The van der Waals surface area contributed by atoms with Crippen LogP contribution in [-0.4, -0.2) is 19.5 Å². The minimum Gasteiger partial charge on any atom is -0.493 e. The zero-order chi connectivity index (χ0) is 23.8. The lowest BCUT2D eigenvalue weighted by Crippen LogP contribution is -2.31. The third kappa shape index (κ3) is 4.73. The molecule has 1 aliphatic heterocycles. The molecule has 33 heavy (non-hydrogen) atoms. The highest BCUT2D eigenvalue weighted by Gasteiger charge is 2.39. The molecule has 1 unspecified atom stereocenters. The summed E-state index contributed by atoms with van der Waals surface area (Å²) >= 11 is 0. The van der Waals surface area contributed by atoms with E-state index in [-0.39, 0.29) is 17.2 Å². The Morgan fingerprint density at radius 3 is 2.45 bits per heavy atom. The molecule has 0 amide bonds. The molecule has 2 aliphatic rings. The van der Waals surface area contributed by atoms with Crippen molar-refractivity contribution in [3.8, 4) is 11.5 Å². The Kier molecular flexibility index (Phi) is 6.42. The maximum atomic E-state index is 13.5. The third-order valence-corrected chi connectivity index (χ3v) is 6.70. The Labute approximate surface area is 197 Å². The first-order valence-electron chi connectivity index (χ1n) is 11.9. The van der Waals surface area contributed by atoms with Gasteiger partial charge in [0.25, 0.3) is 0 Å². The predicted octanol–water partition coefficient (Wildman–Crippen LogP) is 6.71. The quantitative estimate of drug-likeness (QED) is 0.481. The average Bonchev–Trinajstić information content (AvgIpc) is 2.90. The van der Waals surface area contributed by atoms with Gasteiger partial charge in [0.2, 0.25) is 0 Å². The van der Waals surface area contributed by atoms with Crippen LogP contribution in [0.25, 0.3) is 0 Å². The van der Waals surface area contributed by atoms with Crippen LogP contribution >= 0.6 is 0 Å². The fourth-order valence-corrected chi connectivity index (χ4v) is 4.77. The number of carbonyl (C=O) groups is 1. The van der Waals surface area contributed by atoms with Crippen molar-refractivity contribution in [3.05, 3.63) is 58.3 Å². The topological polar surface area (TPSA) is 59.6 Å². The van der Waals surface area contributed by atoms with Crippen molar-refractivity contribution in [1.29, 1.82) is 0 Å². The smallest absolute Gasteiger partial charge is 0.163 e. The highest BCUT2D eigenvalue weighted by molar-refractivity contribution is 6.01. The number of nitrogens with one attached hydrogen (secondary N) is 2. The number of ether oxygens (including phenoxy) is 2. The van der Waals surface area contributed by atoms with Crippen molar-refractivity contribution < 1.29 is 14.3 Å². The molecule has 2 aromatic carbocycles. The van der Waals surface area contributed by atoms with E-state index in [0.29, 0.717) is 18.8 Å². The number of allylic oxidation sites excluding steroid dienone is 1. The summed E-state index contributed by atoms with van der Waals surface area (Å²) in [6.45, 7) is 11.4. The number of carbonyl (C=O) groups excluding carboxylic acids is 1. The number of hydrogen-bond donors (Lipinski definition) is 2. The number of aryl methyl sites for hydroxylation is 2. The molecule has 0 saturated carbocycles. The minimum absolute atomic E-state index is 0.0770. The lowest BCUT2D eigenvalue weighted by Gasteiger charge is -2.34. The number of anilines is 2. The number of fused-ring (bicyclic) bond motifs is 1. The average molecular weight is 449 g/mol. The van der Waals surface area contributed by atoms with Gasteiger partial charge in [-0.3, -0.25) is 4.79 Å². The predicted molar refractivity (Wildman–Crippen MR) is 134 cm³/mol. The molecule has 2 N–H and O–H groups in total. The Bertz CT molecular complexity index is 1100. The summed E-state index contributed by atoms with van der Waals surface area (Å²) in [4.78, 5) is 13.5. The third-order valence-electron chi connectivity index (χ3n) is 6.70. The largest absolute Gasteiger partial charge is 0.493 e. The van der Waals surface area contributed by atoms with Crippen LogP contribution in [0.1, 0.15) is 69.2 Å². The van der Waals surface area contributed by atoms with Gasteiger partial charge >= 0.3 is 0 Å². The molecule has 0 bridgehead atoms. The molecule has 0 spiro atoms. The van der Waals surface area contributed by atoms with Gasteiger partial charge in [-0.15, -0.1) is 0 Å². The summed E-state index contributed by atoms with van der Waals surface area (Å²) in [6, 6.07) is 10.1. The number of Topliss-reactive ketones (excluding diaryl/α,β-unsaturated/α-hetero) is 1. The number of ketones is 1. The molecule has 0 saturated heterocycles. The van der Waals surface area contributed by atoms with Gasteiger partial charge in [-0.25, -0.2) is 0 Å². The Morgan fingerprint density at radius 1 is 1.03 bits per heavy atom. The van der Waals surface area contributed by atoms with E-state index < -0.39 is 0 Å². The van der Waals surface area contributed by atoms with Gasteiger partial charge in [-0.05, 0) is 73.1 Å². The zero-order valence-corrected chi connectivity index (χ0v) is 20.7. The normalized spacial score (nSPS) is 19.1. The first-order valence-corrected chi connectivity index (χ1v) is 11.9. The van der Waals surface area contributed by atoms with Gasteiger partial charge in [-0.2, -0.15) is 0 Å². The van der Waals surface area contributed by atoms with E-state index in [4.69, 9.17) is 9.47 Å². The summed E-state index contributed by atoms with van der Waals surface area (Å²) in [5.74, 6) is 1.61. The maximum absolute atomic E-state index is 13.5. The first kappa shape index (κ1) is 23.2. The number of benzene rings is 2. The molecule has 5 heteroatoms. The van der Waals surface area contributed by atoms with Crippen molar-refractivity contribution in [3.63, 3.8) is 0 Å². The van der Waals surface area contributed by atoms with E-state index in [1.807, 2.05) is 18.2 Å². The van der Waals surface area contributed by atoms with Crippen molar-refractivity contribution in [1.82, 2.24) is 0 Å². The molecule has 0 radical (unpaired) electrons. The summed E-state index contributed by atoms with van der Waals surface area (Å²) in [5, 5.41) is 7.32. The van der Waals surface area contributed by atoms with Crippen LogP contribution in [0.15, 0.2) is 41.6 Å². The van der Waals surface area contributed by atoms with E-state index in [1.165, 1.54) is 11.1 Å². The summed E-state index contributed by atoms with van der Waals surface area (Å²) in [6.07, 6.45) is 3.44. The van der Waals surface area contributed by atoms with E-state index in [1.54, 1.807) is 7.11 Å². The molecule has 5 nitrogen and oxygen atoms in total. The highest BCUT2D eigenvalue weighted by atomic mass is 16.5. The first-order chi connectivity index (χ1) is 15.7. The molecule has 1 heterocycles. The fraction of sp³-hybridized carbons (Fsp3) is 0.464. The molecule has 1 aliphatic carbocycles.